The summed E-state index contributed by atoms with van der Waals surface area (Å²) in [6.45, 7) is 3.73. The molecule has 23 heavy (non-hydrogen) atoms. The van der Waals surface area contributed by atoms with Crippen molar-refractivity contribution in [3.05, 3.63) is 12.4 Å². The monoisotopic (exact) mass is 323 g/mol. The van der Waals surface area contributed by atoms with E-state index in [1.54, 1.807) is 10.9 Å². The molecule has 0 aromatic carbocycles. The summed E-state index contributed by atoms with van der Waals surface area (Å²) >= 11 is 0. The Bertz CT molecular complexity index is 525. The number of aliphatic hydroxyl groups is 1. The summed E-state index contributed by atoms with van der Waals surface area (Å²) in [4.78, 5) is 12.4. The zero-order chi connectivity index (χ0) is 16.2. The Kier molecular flexibility index (Phi) is 5.17. The van der Waals surface area contributed by atoms with Crippen LogP contribution in [0.5, 0.6) is 5.75 Å². The summed E-state index contributed by atoms with van der Waals surface area (Å²) in [6.07, 6.45) is 5.99. The second-order valence-corrected chi connectivity index (χ2v) is 6.35. The Labute approximate surface area is 136 Å². The van der Waals surface area contributed by atoms with Gasteiger partial charge < -0.3 is 19.9 Å². The number of hydrogen-bond donors (Lipinski definition) is 2. The van der Waals surface area contributed by atoms with Gasteiger partial charge in [-0.25, -0.2) is 0 Å². The van der Waals surface area contributed by atoms with Gasteiger partial charge in [0.05, 0.1) is 37.8 Å². The third-order valence-corrected chi connectivity index (χ3v) is 4.64. The lowest BCUT2D eigenvalue weighted by Gasteiger charge is -2.27. The van der Waals surface area contributed by atoms with Gasteiger partial charge in [0, 0.05) is 12.5 Å². The van der Waals surface area contributed by atoms with Crippen LogP contribution in [0.4, 0.5) is 0 Å². The van der Waals surface area contributed by atoms with Gasteiger partial charge in [-0.1, -0.05) is 0 Å². The minimum atomic E-state index is -0.250. The maximum atomic E-state index is 12.4. The standard InChI is InChI=1S/C16H25N3O4/c1-2-19-8-13(7-17-19)23-15-10-22-9-14(15)18-16(21)11-3-5-12(20)6-4-11/h7-8,11-12,14-15,20H,2-6,9-10H2,1H3,(H,18,21)/t11?,12?,14-,15+/m0/s1. The summed E-state index contributed by atoms with van der Waals surface area (Å²) in [5.41, 5.74) is 0. The van der Waals surface area contributed by atoms with Crippen LogP contribution in [0.25, 0.3) is 0 Å². The van der Waals surface area contributed by atoms with Crippen LogP contribution < -0.4 is 10.1 Å². The molecular weight excluding hydrogens is 298 g/mol. The van der Waals surface area contributed by atoms with Crippen LogP contribution in [-0.4, -0.2) is 52.3 Å². The average Bonchev–Trinajstić information content (AvgIpc) is 3.18. The molecular formula is C16H25N3O4. The topological polar surface area (TPSA) is 85.6 Å². The van der Waals surface area contributed by atoms with Crippen LogP contribution in [0, 0.1) is 5.92 Å². The number of nitrogens with zero attached hydrogens (tertiary/aromatic N) is 2. The van der Waals surface area contributed by atoms with Gasteiger partial charge in [0.25, 0.3) is 0 Å². The van der Waals surface area contributed by atoms with Crippen molar-refractivity contribution in [1.29, 1.82) is 0 Å². The van der Waals surface area contributed by atoms with Gasteiger partial charge in [-0.15, -0.1) is 0 Å². The average molecular weight is 323 g/mol. The van der Waals surface area contributed by atoms with E-state index in [0.717, 1.165) is 19.4 Å². The predicted octanol–water partition coefficient (Wildman–Crippen LogP) is 0.716. The van der Waals surface area contributed by atoms with E-state index < -0.39 is 0 Å². The maximum Gasteiger partial charge on any atom is 0.223 e. The lowest BCUT2D eigenvalue weighted by molar-refractivity contribution is -0.127. The minimum absolute atomic E-state index is 0.0116. The van der Waals surface area contributed by atoms with Crippen molar-refractivity contribution in [2.75, 3.05) is 13.2 Å². The number of nitrogens with one attached hydrogen (secondary N) is 1. The SMILES string of the molecule is CCn1cc(O[C@@H]2COC[C@@H]2NC(=O)C2CCC(O)CC2)cn1. The van der Waals surface area contributed by atoms with Gasteiger partial charge in [0.1, 0.15) is 6.10 Å². The minimum Gasteiger partial charge on any atom is -0.482 e. The molecule has 1 aromatic heterocycles. The highest BCUT2D eigenvalue weighted by atomic mass is 16.5. The molecule has 3 rings (SSSR count). The number of ether oxygens (including phenoxy) is 2. The molecule has 2 heterocycles. The van der Waals surface area contributed by atoms with Gasteiger partial charge >= 0.3 is 0 Å². The molecule has 2 fully saturated rings. The van der Waals surface area contributed by atoms with E-state index in [9.17, 15) is 9.90 Å². The van der Waals surface area contributed by atoms with Crippen molar-refractivity contribution in [3.63, 3.8) is 0 Å². The van der Waals surface area contributed by atoms with E-state index in [-0.39, 0.29) is 30.1 Å². The van der Waals surface area contributed by atoms with Crippen molar-refractivity contribution in [2.45, 2.75) is 57.4 Å². The Morgan fingerprint density at radius 1 is 1.43 bits per heavy atom. The number of amides is 1. The van der Waals surface area contributed by atoms with Gasteiger partial charge in [0.2, 0.25) is 5.91 Å². The normalized spacial score (nSPS) is 31.0. The summed E-state index contributed by atoms with van der Waals surface area (Å²) in [6, 6.07) is -0.140. The van der Waals surface area contributed by atoms with Crippen LogP contribution in [-0.2, 0) is 16.1 Å². The van der Waals surface area contributed by atoms with Crippen molar-refractivity contribution in [2.24, 2.45) is 5.92 Å². The Hall–Kier alpha value is -1.60. The number of carbonyl (C=O) groups excluding carboxylic acids is 1. The van der Waals surface area contributed by atoms with E-state index in [0.29, 0.717) is 31.8 Å². The zero-order valence-corrected chi connectivity index (χ0v) is 13.5. The number of aryl methyl sites for hydroxylation is 1. The number of rotatable bonds is 5. The van der Waals surface area contributed by atoms with Gasteiger partial charge in [-0.05, 0) is 32.6 Å². The maximum absolute atomic E-state index is 12.4. The van der Waals surface area contributed by atoms with Crippen LogP contribution in [0.2, 0.25) is 0 Å². The molecule has 0 unspecified atom stereocenters. The first-order valence-corrected chi connectivity index (χ1v) is 8.41. The van der Waals surface area contributed by atoms with E-state index in [2.05, 4.69) is 10.4 Å². The third kappa shape index (κ3) is 4.03. The highest BCUT2D eigenvalue weighted by molar-refractivity contribution is 5.79. The molecule has 1 aliphatic heterocycles. The van der Waals surface area contributed by atoms with Crippen LogP contribution in [0.15, 0.2) is 12.4 Å². The molecule has 2 atom stereocenters. The molecule has 0 bridgehead atoms. The van der Waals surface area contributed by atoms with Gasteiger partial charge in [-0.3, -0.25) is 9.48 Å². The lowest BCUT2D eigenvalue weighted by atomic mass is 9.86. The number of carbonyl (C=O) groups is 1. The Balaban J connectivity index is 1.53. The van der Waals surface area contributed by atoms with Crippen LogP contribution in [0.3, 0.4) is 0 Å². The molecule has 1 aliphatic carbocycles. The Morgan fingerprint density at radius 3 is 2.91 bits per heavy atom. The largest absolute Gasteiger partial charge is 0.482 e. The van der Waals surface area contributed by atoms with Crippen molar-refractivity contribution in [1.82, 2.24) is 15.1 Å². The zero-order valence-electron chi connectivity index (χ0n) is 13.5. The second kappa shape index (κ2) is 7.31. The quantitative estimate of drug-likeness (QED) is 0.834. The predicted molar refractivity (Wildman–Crippen MR) is 83.0 cm³/mol. The number of aliphatic hydroxyl groups excluding tert-OH is 1. The highest BCUT2D eigenvalue weighted by Crippen LogP contribution is 2.25. The molecule has 1 aromatic rings. The van der Waals surface area contributed by atoms with Crippen LogP contribution >= 0.6 is 0 Å². The molecule has 7 nitrogen and oxygen atoms in total. The first-order valence-electron chi connectivity index (χ1n) is 8.41. The lowest BCUT2D eigenvalue weighted by Crippen LogP contribution is -2.47. The smallest absolute Gasteiger partial charge is 0.223 e. The molecule has 0 spiro atoms. The van der Waals surface area contributed by atoms with Gasteiger partial charge in [-0.2, -0.15) is 5.10 Å². The molecule has 7 heteroatoms. The van der Waals surface area contributed by atoms with Gasteiger partial charge in [0.15, 0.2) is 5.75 Å². The fourth-order valence-corrected chi connectivity index (χ4v) is 3.18. The summed E-state index contributed by atoms with van der Waals surface area (Å²) in [5.74, 6) is 0.732. The van der Waals surface area contributed by atoms with Crippen molar-refractivity contribution < 1.29 is 19.4 Å². The summed E-state index contributed by atoms with van der Waals surface area (Å²) in [7, 11) is 0. The molecule has 0 radical (unpaired) electrons. The van der Waals surface area contributed by atoms with E-state index in [1.807, 2.05) is 13.1 Å². The molecule has 2 aliphatic rings. The molecule has 1 saturated carbocycles. The fraction of sp³-hybridized carbons (Fsp3) is 0.750. The summed E-state index contributed by atoms with van der Waals surface area (Å²) < 4.78 is 13.2. The number of hydrogen-bond acceptors (Lipinski definition) is 5. The molecule has 1 saturated heterocycles. The first-order chi connectivity index (χ1) is 11.2. The first kappa shape index (κ1) is 16.3. The number of aromatic nitrogens is 2. The summed E-state index contributed by atoms with van der Waals surface area (Å²) in [5, 5.41) is 16.8. The van der Waals surface area contributed by atoms with E-state index in [1.165, 1.54) is 0 Å². The highest BCUT2D eigenvalue weighted by Gasteiger charge is 2.34. The second-order valence-electron chi connectivity index (χ2n) is 6.35. The molecule has 128 valence electrons. The van der Waals surface area contributed by atoms with E-state index in [4.69, 9.17) is 9.47 Å². The molecule has 1 amide bonds. The van der Waals surface area contributed by atoms with Crippen molar-refractivity contribution >= 4 is 5.91 Å². The Morgan fingerprint density at radius 2 is 2.22 bits per heavy atom. The third-order valence-electron chi connectivity index (χ3n) is 4.64. The molecule has 2 N–H and O–H groups in total. The van der Waals surface area contributed by atoms with Crippen molar-refractivity contribution in [3.8, 4) is 5.75 Å². The fourth-order valence-electron chi connectivity index (χ4n) is 3.18. The van der Waals surface area contributed by atoms with Crippen LogP contribution in [0.1, 0.15) is 32.6 Å². The van der Waals surface area contributed by atoms with E-state index >= 15 is 0 Å².